The molecule has 0 saturated heterocycles. The highest BCUT2D eigenvalue weighted by Gasteiger charge is 2.23. The van der Waals surface area contributed by atoms with E-state index < -0.39 is 10.0 Å². The fourth-order valence-electron chi connectivity index (χ4n) is 1.52. The number of nitrogens with zero attached hydrogens (tertiary/aromatic N) is 2. The molecule has 0 aliphatic rings. The van der Waals surface area contributed by atoms with Crippen LogP contribution >= 0.6 is 23.2 Å². The summed E-state index contributed by atoms with van der Waals surface area (Å²) in [5.74, 6) is 0. The molecule has 0 aliphatic heterocycles. The zero-order chi connectivity index (χ0) is 14.2. The number of aryl methyl sites for hydroxylation is 2. The number of nitrogens with one attached hydrogen (secondary N) is 1. The van der Waals surface area contributed by atoms with Gasteiger partial charge in [0, 0.05) is 7.05 Å². The number of anilines is 1. The van der Waals surface area contributed by atoms with Gasteiger partial charge in [0.05, 0.1) is 17.0 Å². The quantitative estimate of drug-likeness (QED) is 0.946. The van der Waals surface area contributed by atoms with Crippen molar-refractivity contribution >= 4 is 38.9 Å². The summed E-state index contributed by atoms with van der Waals surface area (Å²) < 4.78 is 28.2. The highest BCUT2D eigenvalue weighted by molar-refractivity contribution is 7.92. The normalized spacial score (nSPS) is 11.6. The molecule has 1 heterocycles. The summed E-state index contributed by atoms with van der Waals surface area (Å²) in [6.07, 6.45) is 1.33. The van der Waals surface area contributed by atoms with Crippen molar-refractivity contribution in [3.63, 3.8) is 0 Å². The Balaban J connectivity index is 2.46. The Bertz CT molecular complexity index is 705. The zero-order valence-corrected chi connectivity index (χ0v) is 12.5. The minimum absolute atomic E-state index is 0.0391. The fraction of sp³-hybridized carbons (Fsp3) is 0.182. The molecule has 0 bridgehead atoms. The number of hydrogen-bond donors (Lipinski definition) is 1. The molecule has 0 atom stereocenters. The van der Waals surface area contributed by atoms with E-state index in [1.165, 1.54) is 10.9 Å². The van der Waals surface area contributed by atoms with E-state index >= 15 is 0 Å². The molecular weight excluding hydrogens is 309 g/mol. The second kappa shape index (κ2) is 5.03. The first-order chi connectivity index (χ1) is 8.83. The molecule has 0 fully saturated rings. The number of halogens is 2. The molecular formula is C11H11Cl2N3O2S. The van der Waals surface area contributed by atoms with Gasteiger partial charge in [0.25, 0.3) is 10.0 Å². The lowest BCUT2D eigenvalue weighted by Gasteiger charge is -2.10. The number of hydrogen-bond acceptors (Lipinski definition) is 3. The maximum atomic E-state index is 12.2. The summed E-state index contributed by atoms with van der Waals surface area (Å²) in [6.45, 7) is 1.75. The van der Waals surface area contributed by atoms with E-state index in [-0.39, 0.29) is 10.2 Å². The van der Waals surface area contributed by atoms with E-state index in [4.69, 9.17) is 23.2 Å². The summed E-state index contributed by atoms with van der Waals surface area (Å²) in [5, 5.41) is 0.129. The van der Waals surface area contributed by atoms with E-state index in [9.17, 15) is 8.42 Å². The number of imidazole rings is 1. The molecule has 5 nitrogen and oxygen atoms in total. The van der Waals surface area contributed by atoms with Gasteiger partial charge < -0.3 is 4.57 Å². The Kier molecular flexibility index (Phi) is 3.75. The van der Waals surface area contributed by atoms with Crippen molar-refractivity contribution in [2.24, 2.45) is 7.05 Å². The van der Waals surface area contributed by atoms with Crippen LogP contribution in [0.25, 0.3) is 0 Å². The van der Waals surface area contributed by atoms with Crippen molar-refractivity contribution in [2.75, 3.05) is 4.72 Å². The van der Waals surface area contributed by atoms with Crippen molar-refractivity contribution in [3.05, 3.63) is 40.3 Å². The van der Waals surface area contributed by atoms with Crippen LogP contribution in [0.3, 0.4) is 0 Å². The van der Waals surface area contributed by atoms with Gasteiger partial charge in [-0.15, -0.1) is 0 Å². The molecule has 0 radical (unpaired) electrons. The lowest BCUT2D eigenvalue weighted by molar-refractivity contribution is 0.598. The first kappa shape index (κ1) is 14.2. The smallest absolute Gasteiger partial charge is 0.282 e. The van der Waals surface area contributed by atoms with Crippen LogP contribution in [-0.4, -0.2) is 18.0 Å². The van der Waals surface area contributed by atoms with Crippen LogP contribution in [0.5, 0.6) is 0 Å². The van der Waals surface area contributed by atoms with Crippen LogP contribution < -0.4 is 4.72 Å². The van der Waals surface area contributed by atoms with Crippen LogP contribution in [0.1, 0.15) is 5.56 Å². The van der Waals surface area contributed by atoms with Crippen molar-refractivity contribution in [2.45, 2.75) is 11.9 Å². The molecule has 8 heteroatoms. The van der Waals surface area contributed by atoms with Gasteiger partial charge in [-0.25, -0.2) is 4.98 Å². The minimum Gasteiger partial charge on any atom is -0.324 e. The van der Waals surface area contributed by atoms with E-state index in [0.29, 0.717) is 16.3 Å². The van der Waals surface area contributed by atoms with Crippen LogP contribution in [-0.2, 0) is 17.1 Å². The lowest BCUT2D eigenvalue weighted by atomic mass is 10.2. The second-order valence-electron chi connectivity index (χ2n) is 3.99. The SMILES string of the molecule is Cc1cccc(Cl)c1NS(=O)(=O)c1ncn(C)c1Cl. The molecule has 0 spiro atoms. The van der Waals surface area contributed by atoms with Crippen molar-refractivity contribution in [1.82, 2.24) is 9.55 Å². The van der Waals surface area contributed by atoms with E-state index in [0.717, 1.165) is 0 Å². The average molecular weight is 320 g/mol. The van der Waals surface area contributed by atoms with E-state index in [1.54, 1.807) is 32.2 Å². The Hall–Kier alpha value is -1.24. The third-order valence-corrected chi connectivity index (χ3v) is 4.70. The summed E-state index contributed by atoms with van der Waals surface area (Å²) in [7, 11) is -2.26. The molecule has 102 valence electrons. The predicted molar refractivity (Wildman–Crippen MR) is 75.2 cm³/mol. The number of para-hydroxylation sites is 1. The van der Waals surface area contributed by atoms with Gasteiger partial charge in [-0.2, -0.15) is 8.42 Å². The van der Waals surface area contributed by atoms with Gasteiger partial charge in [0.15, 0.2) is 0 Å². The molecule has 2 rings (SSSR count). The highest BCUT2D eigenvalue weighted by atomic mass is 35.5. The molecule has 0 saturated carbocycles. The molecule has 0 amide bonds. The molecule has 1 aromatic heterocycles. The fourth-order valence-corrected chi connectivity index (χ4v) is 3.43. The first-order valence-electron chi connectivity index (χ1n) is 5.27. The van der Waals surface area contributed by atoms with Gasteiger partial charge in [-0.1, -0.05) is 35.3 Å². The first-order valence-corrected chi connectivity index (χ1v) is 7.51. The van der Waals surface area contributed by atoms with Crippen LogP contribution in [0, 0.1) is 6.92 Å². The van der Waals surface area contributed by atoms with Crippen molar-refractivity contribution in [1.29, 1.82) is 0 Å². The van der Waals surface area contributed by atoms with Gasteiger partial charge in [0.2, 0.25) is 5.03 Å². The number of rotatable bonds is 3. The number of sulfonamides is 1. The number of benzene rings is 1. The largest absolute Gasteiger partial charge is 0.324 e. The zero-order valence-electron chi connectivity index (χ0n) is 10.2. The van der Waals surface area contributed by atoms with Crippen molar-refractivity contribution in [3.8, 4) is 0 Å². The Morgan fingerprint density at radius 2 is 2.00 bits per heavy atom. The minimum atomic E-state index is -3.87. The van der Waals surface area contributed by atoms with Crippen LogP contribution in [0.4, 0.5) is 5.69 Å². The lowest BCUT2D eigenvalue weighted by Crippen LogP contribution is -2.15. The Morgan fingerprint density at radius 3 is 2.53 bits per heavy atom. The maximum Gasteiger partial charge on any atom is 0.282 e. The van der Waals surface area contributed by atoms with Crippen LogP contribution in [0.15, 0.2) is 29.6 Å². The standard InChI is InChI=1S/C11H11Cl2N3O2S/c1-7-4-3-5-8(12)9(7)15-19(17,18)11-10(13)16(2)6-14-11/h3-6,15H,1-2H3. The van der Waals surface area contributed by atoms with Crippen molar-refractivity contribution < 1.29 is 8.42 Å². The van der Waals surface area contributed by atoms with Crippen LogP contribution in [0.2, 0.25) is 10.2 Å². The van der Waals surface area contributed by atoms with E-state index in [1.807, 2.05) is 0 Å². The summed E-state index contributed by atoms with van der Waals surface area (Å²) in [6, 6.07) is 5.10. The molecule has 0 aliphatic carbocycles. The monoisotopic (exact) mass is 319 g/mol. The third kappa shape index (κ3) is 2.70. The number of aromatic nitrogens is 2. The van der Waals surface area contributed by atoms with Gasteiger partial charge >= 0.3 is 0 Å². The summed E-state index contributed by atoms with van der Waals surface area (Å²) >= 11 is 11.9. The topological polar surface area (TPSA) is 64.0 Å². The van der Waals surface area contributed by atoms with Gasteiger partial charge in [-0.05, 0) is 18.6 Å². The molecule has 2 aromatic rings. The summed E-state index contributed by atoms with van der Waals surface area (Å²) in [5.41, 5.74) is 1.04. The average Bonchev–Trinajstić information content (AvgIpc) is 2.66. The van der Waals surface area contributed by atoms with Gasteiger partial charge in [-0.3, -0.25) is 4.72 Å². The molecule has 1 aromatic carbocycles. The predicted octanol–water partition coefficient (Wildman–Crippen LogP) is 2.84. The third-order valence-electron chi connectivity index (χ3n) is 2.55. The second-order valence-corrected chi connectivity index (χ2v) is 6.35. The Morgan fingerprint density at radius 1 is 1.32 bits per heavy atom. The summed E-state index contributed by atoms with van der Waals surface area (Å²) in [4.78, 5) is 3.78. The molecule has 0 unspecified atom stereocenters. The van der Waals surface area contributed by atoms with E-state index in [2.05, 4.69) is 9.71 Å². The van der Waals surface area contributed by atoms with Gasteiger partial charge in [0.1, 0.15) is 5.15 Å². The Labute approximate surface area is 121 Å². The molecule has 1 N–H and O–H groups in total. The highest BCUT2D eigenvalue weighted by Crippen LogP contribution is 2.29. The molecule has 19 heavy (non-hydrogen) atoms. The maximum absolute atomic E-state index is 12.2.